The van der Waals surface area contributed by atoms with Gasteiger partial charge in [0.15, 0.2) is 5.96 Å². The number of aliphatic imine (C=N–C) groups is 1. The Kier molecular flexibility index (Phi) is 10.1. The number of carbonyl (C=O) groups excluding carboxylic acids is 1. The molecule has 0 aromatic heterocycles. The number of hydrogen-bond acceptors (Lipinski definition) is 3. The first-order valence-electron chi connectivity index (χ1n) is 9.75. The molecule has 0 bridgehead atoms. The van der Waals surface area contributed by atoms with Gasteiger partial charge in [0.2, 0.25) is 5.91 Å². The lowest BCUT2D eigenvalue weighted by atomic mass is 9.84. The van der Waals surface area contributed by atoms with E-state index in [0.717, 1.165) is 42.6 Å². The zero-order valence-electron chi connectivity index (χ0n) is 17.8. The standard InChI is InChI=1S/C21H34N4O2.HI/c1-16-9-8-10-17(2)18(16)27-14-13-23-20(22-3)24-15-21(11-6-7-12-21)19(26)25(4)5;/h8-10H,6-7,11-15H2,1-5H3,(H2,22,23,24);1H. The largest absolute Gasteiger partial charge is 0.491 e. The molecule has 1 fully saturated rings. The Hall–Kier alpha value is -1.51. The number of carbonyl (C=O) groups is 1. The van der Waals surface area contributed by atoms with Crippen LogP contribution in [0.5, 0.6) is 5.75 Å². The molecule has 0 atom stereocenters. The van der Waals surface area contributed by atoms with Gasteiger partial charge in [-0.2, -0.15) is 0 Å². The number of hydrogen-bond donors (Lipinski definition) is 2. The van der Waals surface area contributed by atoms with Crippen LogP contribution in [0.25, 0.3) is 0 Å². The minimum Gasteiger partial charge on any atom is -0.491 e. The third-order valence-electron chi connectivity index (χ3n) is 5.29. The summed E-state index contributed by atoms with van der Waals surface area (Å²) >= 11 is 0. The molecular formula is C21H35IN4O2. The number of benzene rings is 1. The van der Waals surface area contributed by atoms with Gasteiger partial charge in [-0.1, -0.05) is 31.0 Å². The zero-order chi connectivity index (χ0) is 19.9. The maximum Gasteiger partial charge on any atom is 0.230 e. The summed E-state index contributed by atoms with van der Waals surface area (Å²) in [6.07, 6.45) is 4.08. The minimum atomic E-state index is -0.310. The van der Waals surface area contributed by atoms with E-state index >= 15 is 0 Å². The molecular weight excluding hydrogens is 467 g/mol. The molecule has 1 aliphatic rings. The number of aryl methyl sites for hydroxylation is 2. The van der Waals surface area contributed by atoms with Gasteiger partial charge in [0.1, 0.15) is 12.4 Å². The van der Waals surface area contributed by atoms with Gasteiger partial charge in [0.25, 0.3) is 0 Å². The van der Waals surface area contributed by atoms with Crippen molar-refractivity contribution in [1.82, 2.24) is 15.5 Å². The summed E-state index contributed by atoms with van der Waals surface area (Å²) < 4.78 is 5.92. The summed E-state index contributed by atoms with van der Waals surface area (Å²) in [6.45, 7) is 5.91. The van der Waals surface area contributed by atoms with E-state index in [1.54, 1.807) is 11.9 Å². The lowest BCUT2D eigenvalue weighted by Crippen LogP contribution is -2.49. The van der Waals surface area contributed by atoms with E-state index in [9.17, 15) is 4.79 Å². The summed E-state index contributed by atoms with van der Waals surface area (Å²) in [7, 11) is 5.41. The van der Waals surface area contributed by atoms with Gasteiger partial charge >= 0.3 is 0 Å². The molecule has 0 unspecified atom stereocenters. The topological polar surface area (TPSA) is 66.0 Å². The molecule has 6 nitrogen and oxygen atoms in total. The summed E-state index contributed by atoms with van der Waals surface area (Å²) in [4.78, 5) is 18.6. The van der Waals surface area contributed by atoms with Crippen LogP contribution in [0, 0.1) is 19.3 Å². The summed E-state index contributed by atoms with van der Waals surface area (Å²) in [6, 6.07) is 6.15. The monoisotopic (exact) mass is 502 g/mol. The quantitative estimate of drug-likeness (QED) is 0.260. The number of amides is 1. The zero-order valence-corrected chi connectivity index (χ0v) is 20.1. The highest BCUT2D eigenvalue weighted by atomic mass is 127. The van der Waals surface area contributed by atoms with Crippen molar-refractivity contribution >= 4 is 35.8 Å². The van der Waals surface area contributed by atoms with Gasteiger partial charge in [-0.3, -0.25) is 9.79 Å². The van der Waals surface area contributed by atoms with E-state index in [0.29, 0.717) is 25.7 Å². The number of para-hydroxylation sites is 1. The van der Waals surface area contributed by atoms with Gasteiger partial charge in [0, 0.05) is 27.7 Å². The maximum atomic E-state index is 12.7. The van der Waals surface area contributed by atoms with Crippen molar-refractivity contribution in [3.63, 3.8) is 0 Å². The van der Waals surface area contributed by atoms with Crippen molar-refractivity contribution in [2.24, 2.45) is 10.4 Å². The van der Waals surface area contributed by atoms with Gasteiger partial charge in [-0.25, -0.2) is 0 Å². The molecule has 0 heterocycles. The van der Waals surface area contributed by atoms with Crippen LogP contribution in [0.4, 0.5) is 0 Å². The van der Waals surface area contributed by atoms with Crippen molar-refractivity contribution < 1.29 is 9.53 Å². The molecule has 0 radical (unpaired) electrons. The third kappa shape index (κ3) is 6.25. The second kappa shape index (κ2) is 11.5. The second-order valence-corrected chi connectivity index (χ2v) is 7.61. The first-order chi connectivity index (χ1) is 12.9. The maximum absolute atomic E-state index is 12.7. The number of nitrogens with zero attached hydrogens (tertiary/aromatic N) is 2. The fourth-order valence-electron chi connectivity index (χ4n) is 3.82. The highest BCUT2D eigenvalue weighted by Crippen LogP contribution is 2.38. The van der Waals surface area contributed by atoms with E-state index in [1.165, 1.54) is 0 Å². The normalized spacial score (nSPS) is 15.5. The summed E-state index contributed by atoms with van der Waals surface area (Å²) in [5.74, 6) is 1.86. The molecule has 1 amide bonds. The smallest absolute Gasteiger partial charge is 0.230 e. The fraction of sp³-hybridized carbons (Fsp3) is 0.619. The molecule has 0 spiro atoms. The Labute approximate surface area is 186 Å². The van der Waals surface area contributed by atoms with E-state index in [-0.39, 0.29) is 35.3 Å². The number of rotatable bonds is 7. The Bertz CT molecular complexity index is 650. The van der Waals surface area contributed by atoms with Gasteiger partial charge in [0.05, 0.1) is 12.0 Å². The van der Waals surface area contributed by atoms with Crippen molar-refractivity contribution in [3.8, 4) is 5.75 Å². The molecule has 1 aromatic carbocycles. The van der Waals surface area contributed by atoms with Crippen molar-refractivity contribution in [1.29, 1.82) is 0 Å². The Morgan fingerprint density at radius 1 is 1.18 bits per heavy atom. The molecule has 0 aliphatic heterocycles. The van der Waals surface area contributed by atoms with Crippen LogP contribution < -0.4 is 15.4 Å². The Balaban J connectivity index is 0.00000392. The van der Waals surface area contributed by atoms with Crippen LogP contribution in [0.15, 0.2) is 23.2 Å². The van der Waals surface area contributed by atoms with E-state index < -0.39 is 0 Å². The van der Waals surface area contributed by atoms with Crippen molar-refractivity contribution in [3.05, 3.63) is 29.3 Å². The van der Waals surface area contributed by atoms with E-state index in [4.69, 9.17) is 4.74 Å². The number of ether oxygens (including phenoxy) is 1. The van der Waals surface area contributed by atoms with Crippen LogP contribution in [0.2, 0.25) is 0 Å². The summed E-state index contributed by atoms with van der Waals surface area (Å²) in [5, 5.41) is 6.62. The molecule has 1 saturated carbocycles. The second-order valence-electron chi connectivity index (χ2n) is 7.61. The Morgan fingerprint density at radius 2 is 1.79 bits per heavy atom. The lowest BCUT2D eigenvalue weighted by molar-refractivity contribution is -0.138. The van der Waals surface area contributed by atoms with Crippen LogP contribution in [-0.4, -0.2) is 57.6 Å². The molecule has 1 aromatic rings. The lowest BCUT2D eigenvalue weighted by Gasteiger charge is -2.31. The molecule has 7 heteroatoms. The molecule has 158 valence electrons. The molecule has 28 heavy (non-hydrogen) atoms. The molecule has 1 aliphatic carbocycles. The molecule has 0 saturated heterocycles. The number of halogens is 1. The fourth-order valence-corrected chi connectivity index (χ4v) is 3.82. The van der Waals surface area contributed by atoms with Crippen LogP contribution in [0.1, 0.15) is 36.8 Å². The number of nitrogens with one attached hydrogen (secondary N) is 2. The van der Waals surface area contributed by atoms with Crippen molar-refractivity contribution in [2.45, 2.75) is 39.5 Å². The Morgan fingerprint density at radius 3 is 2.32 bits per heavy atom. The molecule has 2 N–H and O–H groups in total. The van der Waals surface area contributed by atoms with Crippen LogP contribution in [-0.2, 0) is 4.79 Å². The molecule has 2 rings (SSSR count). The SMILES string of the molecule is CN=C(NCCOc1c(C)cccc1C)NCC1(C(=O)N(C)C)CCCC1.I. The predicted octanol–water partition coefficient (Wildman–Crippen LogP) is 3.11. The van der Waals surface area contributed by atoms with Crippen molar-refractivity contribution in [2.75, 3.05) is 40.8 Å². The van der Waals surface area contributed by atoms with Crippen LogP contribution >= 0.6 is 24.0 Å². The van der Waals surface area contributed by atoms with E-state index in [2.05, 4.69) is 41.6 Å². The highest BCUT2D eigenvalue weighted by molar-refractivity contribution is 14.0. The average molecular weight is 502 g/mol. The summed E-state index contributed by atoms with van der Waals surface area (Å²) in [5.41, 5.74) is 1.97. The first kappa shape index (κ1) is 24.5. The highest BCUT2D eigenvalue weighted by Gasteiger charge is 2.42. The van der Waals surface area contributed by atoms with E-state index in [1.807, 2.05) is 20.2 Å². The number of guanidine groups is 1. The first-order valence-corrected chi connectivity index (χ1v) is 9.75. The minimum absolute atomic E-state index is 0. The van der Waals surface area contributed by atoms with Gasteiger partial charge < -0.3 is 20.3 Å². The predicted molar refractivity (Wildman–Crippen MR) is 126 cm³/mol. The van der Waals surface area contributed by atoms with Gasteiger partial charge in [-0.15, -0.1) is 24.0 Å². The third-order valence-corrected chi connectivity index (χ3v) is 5.29. The average Bonchev–Trinajstić information content (AvgIpc) is 3.12. The van der Waals surface area contributed by atoms with Gasteiger partial charge in [-0.05, 0) is 37.8 Å². The van der Waals surface area contributed by atoms with Crippen LogP contribution in [0.3, 0.4) is 0 Å².